The van der Waals surface area contributed by atoms with Crippen LogP contribution in [0.25, 0.3) is 0 Å². The molecular weight excluding hydrogens is 282 g/mol. The molecule has 0 spiro atoms. The van der Waals surface area contributed by atoms with E-state index in [1.54, 1.807) is 18.3 Å². The van der Waals surface area contributed by atoms with E-state index in [-0.39, 0.29) is 0 Å². The Kier molecular flexibility index (Phi) is 4.11. The Morgan fingerprint density at radius 1 is 1.32 bits per heavy atom. The molecule has 0 saturated carbocycles. The zero-order chi connectivity index (χ0) is 15.5. The van der Waals surface area contributed by atoms with Crippen LogP contribution in [0.2, 0.25) is 0 Å². The molecule has 22 heavy (non-hydrogen) atoms. The van der Waals surface area contributed by atoms with Crippen LogP contribution in [0, 0.1) is 6.92 Å². The lowest BCUT2D eigenvalue weighted by molar-refractivity contribution is 0.0696. The second-order valence-electron chi connectivity index (χ2n) is 5.40. The van der Waals surface area contributed by atoms with Gasteiger partial charge in [-0.05, 0) is 30.7 Å². The van der Waals surface area contributed by atoms with Gasteiger partial charge < -0.3 is 19.3 Å². The van der Waals surface area contributed by atoms with Gasteiger partial charge in [0, 0.05) is 37.7 Å². The fourth-order valence-electron chi connectivity index (χ4n) is 2.66. The summed E-state index contributed by atoms with van der Waals surface area (Å²) >= 11 is 0. The number of nitrogens with zero attached hydrogens (tertiary/aromatic N) is 3. The van der Waals surface area contributed by atoms with E-state index in [2.05, 4.69) is 16.0 Å². The van der Waals surface area contributed by atoms with Crippen molar-refractivity contribution in [3.05, 3.63) is 47.5 Å². The number of aromatic carboxylic acids is 1. The molecule has 0 unspecified atom stereocenters. The van der Waals surface area contributed by atoms with E-state index in [1.165, 1.54) is 0 Å². The highest BCUT2D eigenvalue weighted by Gasteiger charge is 2.15. The SMILES string of the molecule is Cc1nccn1Cc1cc(C(=O)O)cc(N2CCOCC2)c1. The topological polar surface area (TPSA) is 67.6 Å². The average Bonchev–Trinajstić information content (AvgIpc) is 2.93. The van der Waals surface area contributed by atoms with E-state index < -0.39 is 5.97 Å². The number of aryl methyl sites for hydroxylation is 1. The van der Waals surface area contributed by atoms with Gasteiger partial charge in [0.25, 0.3) is 0 Å². The molecule has 0 aliphatic carbocycles. The van der Waals surface area contributed by atoms with Gasteiger partial charge in [-0.25, -0.2) is 9.78 Å². The van der Waals surface area contributed by atoms with Crippen LogP contribution in [0.15, 0.2) is 30.6 Å². The van der Waals surface area contributed by atoms with Crippen LogP contribution in [0.1, 0.15) is 21.7 Å². The monoisotopic (exact) mass is 301 g/mol. The number of hydrogen-bond donors (Lipinski definition) is 1. The number of rotatable bonds is 4. The number of carboxylic acid groups (broad SMARTS) is 1. The minimum Gasteiger partial charge on any atom is -0.478 e. The molecule has 2 heterocycles. The van der Waals surface area contributed by atoms with Crippen LogP contribution in [0.5, 0.6) is 0 Å². The molecule has 1 aromatic carbocycles. The average molecular weight is 301 g/mol. The van der Waals surface area contributed by atoms with Crippen LogP contribution in [0.3, 0.4) is 0 Å². The first kappa shape index (κ1) is 14.6. The molecule has 6 nitrogen and oxygen atoms in total. The lowest BCUT2D eigenvalue weighted by Gasteiger charge is -2.29. The summed E-state index contributed by atoms with van der Waals surface area (Å²) in [5.74, 6) is 0.00682. The largest absolute Gasteiger partial charge is 0.478 e. The van der Waals surface area contributed by atoms with Crippen molar-refractivity contribution in [2.75, 3.05) is 31.2 Å². The summed E-state index contributed by atoms with van der Waals surface area (Å²) in [6.07, 6.45) is 3.65. The van der Waals surface area contributed by atoms with E-state index in [9.17, 15) is 9.90 Å². The van der Waals surface area contributed by atoms with Gasteiger partial charge in [-0.1, -0.05) is 0 Å². The third-order valence-electron chi connectivity index (χ3n) is 3.88. The zero-order valence-corrected chi connectivity index (χ0v) is 12.5. The highest BCUT2D eigenvalue weighted by molar-refractivity contribution is 5.89. The summed E-state index contributed by atoms with van der Waals surface area (Å²) in [7, 11) is 0. The normalized spacial score (nSPS) is 15.0. The summed E-state index contributed by atoms with van der Waals surface area (Å²) in [5, 5.41) is 9.35. The van der Waals surface area contributed by atoms with Crippen LogP contribution in [-0.2, 0) is 11.3 Å². The fourth-order valence-corrected chi connectivity index (χ4v) is 2.66. The predicted octanol–water partition coefficient (Wildman–Crippen LogP) is 1.77. The number of ether oxygens (including phenoxy) is 1. The van der Waals surface area contributed by atoms with Crippen molar-refractivity contribution in [1.29, 1.82) is 0 Å². The Labute approximate surface area is 129 Å². The minimum absolute atomic E-state index is 0.316. The van der Waals surface area contributed by atoms with Crippen molar-refractivity contribution in [2.45, 2.75) is 13.5 Å². The Hall–Kier alpha value is -2.34. The molecule has 3 rings (SSSR count). The number of anilines is 1. The number of benzene rings is 1. The van der Waals surface area contributed by atoms with Crippen molar-refractivity contribution in [3.63, 3.8) is 0 Å². The first-order valence-corrected chi connectivity index (χ1v) is 7.31. The molecule has 1 fully saturated rings. The lowest BCUT2D eigenvalue weighted by atomic mass is 10.1. The van der Waals surface area contributed by atoms with E-state index in [0.717, 1.165) is 30.2 Å². The first-order chi connectivity index (χ1) is 10.6. The van der Waals surface area contributed by atoms with Crippen LogP contribution in [-0.4, -0.2) is 46.9 Å². The van der Waals surface area contributed by atoms with Crippen LogP contribution >= 0.6 is 0 Å². The van der Waals surface area contributed by atoms with Crippen molar-refractivity contribution >= 4 is 11.7 Å². The van der Waals surface area contributed by atoms with Crippen molar-refractivity contribution < 1.29 is 14.6 Å². The van der Waals surface area contributed by atoms with E-state index in [4.69, 9.17) is 4.74 Å². The maximum Gasteiger partial charge on any atom is 0.335 e. The molecule has 0 atom stereocenters. The maximum atomic E-state index is 11.4. The van der Waals surface area contributed by atoms with Crippen molar-refractivity contribution in [2.24, 2.45) is 0 Å². The molecule has 1 aliphatic heterocycles. The highest BCUT2D eigenvalue weighted by Crippen LogP contribution is 2.21. The number of hydrogen-bond acceptors (Lipinski definition) is 4. The van der Waals surface area contributed by atoms with Gasteiger partial charge in [0.15, 0.2) is 0 Å². The molecule has 1 aromatic heterocycles. The smallest absolute Gasteiger partial charge is 0.335 e. The Morgan fingerprint density at radius 3 is 2.73 bits per heavy atom. The van der Waals surface area contributed by atoms with E-state index in [0.29, 0.717) is 25.3 Å². The number of carboxylic acids is 1. The van der Waals surface area contributed by atoms with Gasteiger partial charge in [0.2, 0.25) is 0 Å². The Bertz CT molecular complexity index is 675. The van der Waals surface area contributed by atoms with Gasteiger partial charge in [-0.2, -0.15) is 0 Å². The highest BCUT2D eigenvalue weighted by atomic mass is 16.5. The molecule has 2 aromatic rings. The maximum absolute atomic E-state index is 11.4. The molecule has 6 heteroatoms. The number of morpholine rings is 1. The molecule has 0 amide bonds. The molecule has 0 radical (unpaired) electrons. The predicted molar refractivity (Wildman–Crippen MR) is 82.5 cm³/mol. The molecular formula is C16H19N3O3. The quantitative estimate of drug-likeness (QED) is 0.932. The standard InChI is InChI=1S/C16H19N3O3/c1-12-17-2-3-19(12)11-13-8-14(16(20)21)10-15(9-13)18-4-6-22-7-5-18/h2-3,8-10H,4-7,11H2,1H3,(H,20,21). The number of imidazole rings is 1. The molecule has 0 bridgehead atoms. The summed E-state index contributed by atoms with van der Waals surface area (Å²) in [4.78, 5) is 17.8. The van der Waals surface area contributed by atoms with Gasteiger partial charge >= 0.3 is 5.97 Å². The van der Waals surface area contributed by atoms with Gasteiger partial charge in [-0.3, -0.25) is 0 Å². The van der Waals surface area contributed by atoms with Gasteiger partial charge in [0.1, 0.15) is 5.82 Å². The Balaban J connectivity index is 1.93. The Morgan fingerprint density at radius 2 is 2.09 bits per heavy atom. The molecule has 1 saturated heterocycles. The van der Waals surface area contributed by atoms with Crippen LogP contribution < -0.4 is 4.90 Å². The third kappa shape index (κ3) is 3.12. The summed E-state index contributed by atoms with van der Waals surface area (Å²) in [6, 6.07) is 5.51. The molecule has 1 N–H and O–H groups in total. The fraction of sp³-hybridized carbons (Fsp3) is 0.375. The molecule has 116 valence electrons. The molecule has 1 aliphatic rings. The van der Waals surface area contributed by atoms with E-state index in [1.807, 2.05) is 17.7 Å². The summed E-state index contributed by atoms with van der Waals surface area (Å²) in [5.41, 5.74) is 2.22. The number of carbonyl (C=O) groups is 1. The minimum atomic E-state index is -0.904. The summed E-state index contributed by atoms with van der Waals surface area (Å²) < 4.78 is 7.36. The zero-order valence-electron chi connectivity index (χ0n) is 12.5. The number of aromatic nitrogens is 2. The second-order valence-corrected chi connectivity index (χ2v) is 5.40. The van der Waals surface area contributed by atoms with E-state index >= 15 is 0 Å². The van der Waals surface area contributed by atoms with Crippen LogP contribution in [0.4, 0.5) is 5.69 Å². The van der Waals surface area contributed by atoms with Crippen molar-refractivity contribution in [3.8, 4) is 0 Å². The summed E-state index contributed by atoms with van der Waals surface area (Å²) in [6.45, 7) is 5.47. The van der Waals surface area contributed by atoms with Gasteiger partial charge in [-0.15, -0.1) is 0 Å². The van der Waals surface area contributed by atoms with Gasteiger partial charge in [0.05, 0.1) is 18.8 Å². The third-order valence-corrected chi connectivity index (χ3v) is 3.88. The van der Waals surface area contributed by atoms with Crippen molar-refractivity contribution in [1.82, 2.24) is 9.55 Å². The first-order valence-electron chi connectivity index (χ1n) is 7.31. The lowest BCUT2D eigenvalue weighted by Crippen LogP contribution is -2.36. The second kappa shape index (κ2) is 6.19.